The number of anilines is 1. The van der Waals surface area contributed by atoms with Crippen molar-refractivity contribution in [2.45, 2.75) is 19.5 Å². The summed E-state index contributed by atoms with van der Waals surface area (Å²) in [7, 11) is 0. The van der Waals surface area contributed by atoms with Gasteiger partial charge in [-0.2, -0.15) is 16.3 Å². The van der Waals surface area contributed by atoms with Crippen LogP contribution in [0, 0.1) is 0 Å². The molecule has 4 aromatic rings. The lowest BCUT2D eigenvalue weighted by Gasteiger charge is -2.22. The Labute approximate surface area is 156 Å². The first-order chi connectivity index (χ1) is 12.9. The third-order valence-electron chi connectivity index (χ3n) is 4.12. The molecule has 0 bridgehead atoms. The average Bonchev–Trinajstić information content (AvgIpc) is 3.35. The summed E-state index contributed by atoms with van der Waals surface area (Å²) < 4.78 is 5.45. The van der Waals surface area contributed by atoms with Crippen LogP contribution in [-0.2, 0) is 19.5 Å². The lowest BCUT2D eigenvalue weighted by molar-refractivity contribution is 0.379. The maximum absolute atomic E-state index is 5.45. The number of thiophene rings is 1. The summed E-state index contributed by atoms with van der Waals surface area (Å²) in [5, 5.41) is 8.46. The van der Waals surface area contributed by atoms with Crippen molar-refractivity contribution in [1.82, 2.24) is 10.1 Å². The van der Waals surface area contributed by atoms with Crippen LogP contribution in [0.25, 0.3) is 0 Å². The summed E-state index contributed by atoms with van der Waals surface area (Å²) in [4.78, 5) is 6.85. The molecular weight excluding hydrogens is 342 g/mol. The summed E-state index contributed by atoms with van der Waals surface area (Å²) in [5.41, 5.74) is 3.60. The van der Waals surface area contributed by atoms with Gasteiger partial charge in [-0.3, -0.25) is 0 Å². The van der Waals surface area contributed by atoms with Crippen molar-refractivity contribution in [3.63, 3.8) is 0 Å². The number of nitrogens with zero attached hydrogens (tertiary/aromatic N) is 3. The number of benzene rings is 2. The summed E-state index contributed by atoms with van der Waals surface area (Å²) in [6.07, 6.45) is 0.656. The van der Waals surface area contributed by atoms with E-state index in [9.17, 15) is 0 Å². The van der Waals surface area contributed by atoms with Gasteiger partial charge in [0, 0.05) is 12.2 Å². The Morgan fingerprint density at radius 1 is 0.846 bits per heavy atom. The van der Waals surface area contributed by atoms with Crippen molar-refractivity contribution in [3.8, 4) is 0 Å². The predicted molar refractivity (Wildman–Crippen MR) is 104 cm³/mol. The molecule has 0 atom stereocenters. The van der Waals surface area contributed by atoms with Crippen LogP contribution in [0.15, 0.2) is 82.0 Å². The molecule has 5 heteroatoms. The SMILES string of the molecule is c1ccc(Cc2nc(CN(Cc3ccsc3)c3ccccc3)no2)cc1. The number of rotatable bonds is 7. The van der Waals surface area contributed by atoms with Crippen molar-refractivity contribution in [1.29, 1.82) is 0 Å². The third kappa shape index (κ3) is 4.18. The highest BCUT2D eigenvalue weighted by Crippen LogP contribution is 2.20. The minimum atomic E-state index is 0.609. The van der Waals surface area contributed by atoms with Gasteiger partial charge in [0.25, 0.3) is 0 Å². The van der Waals surface area contributed by atoms with Crippen molar-refractivity contribution in [2.24, 2.45) is 0 Å². The molecule has 0 fully saturated rings. The molecule has 26 heavy (non-hydrogen) atoms. The van der Waals surface area contributed by atoms with Gasteiger partial charge in [-0.05, 0) is 40.1 Å². The van der Waals surface area contributed by atoms with Crippen LogP contribution in [0.5, 0.6) is 0 Å². The van der Waals surface area contributed by atoms with E-state index >= 15 is 0 Å². The zero-order valence-corrected chi connectivity index (χ0v) is 15.1. The van der Waals surface area contributed by atoms with Crippen LogP contribution in [0.4, 0.5) is 5.69 Å². The Kier molecular flexibility index (Phi) is 5.07. The van der Waals surface area contributed by atoms with Crippen LogP contribution >= 0.6 is 11.3 Å². The van der Waals surface area contributed by atoms with Gasteiger partial charge in [0.05, 0.1) is 13.0 Å². The van der Waals surface area contributed by atoms with Crippen LogP contribution in [0.3, 0.4) is 0 Å². The predicted octanol–water partition coefficient (Wildman–Crippen LogP) is 4.93. The van der Waals surface area contributed by atoms with E-state index in [1.54, 1.807) is 11.3 Å². The first kappa shape index (κ1) is 16.5. The molecule has 2 aromatic carbocycles. The highest BCUT2D eigenvalue weighted by molar-refractivity contribution is 7.07. The van der Waals surface area contributed by atoms with Crippen LogP contribution in [-0.4, -0.2) is 10.1 Å². The monoisotopic (exact) mass is 361 g/mol. The Balaban J connectivity index is 1.50. The maximum atomic E-state index is 5.45. The molecule has 2 heterocycles. The molecule has 0 saturated carbocycles. The van der Waals surface area contributed by atoms with Crippen molar-refractivity contribution >= 4 is 17.0 Å². The molecule has 0 unspecified atom stereocenters. The van der Waals surface area contributed by atoms with E-state index in [0.717, 1.165) is 12.2 Å². The first-order valence-corrected chi connectivity index (χ1v) is 9.47. The summed E-state index contributed by atoms with van der Waals surface area (Å²) in [6.45, 7) is 1.42. The number of para-hydroxylation sites is 1. The summed E-state index contributed by atoms with van der Waals surface area (Å²) in [6, 6.07) is 22.7. The van der Waals surface area contributed by atoms with Gasteiger partial charge in [0.1, 0.15) is 0 Å². The molecule has 0 aliphatic rings. The summed E-state index contributed by atoms with van der Waals surface area (Å²) >= 11 is 1.71. The van der Waals surface area contributed by atoms with Gasteiger partial charge in [0.15, 0.2) is 5.82 Å². The van der Waals surface area contributed by atoms with Gasteiger partial charge in [-0.25, -0.2) is 0 Å². The highest BCUT2D eigenvalue weighted by Gasteiger charge is 2.13. The molecule has 0 N–H and O–H groups in total. The Morgan fingerprint density at radius 2 is 1.62 bits per heavy atom. The minimum absolute atomic E-state index is 0.609. The second kappa shape index (κ2) is 7.97. The molecule has 130 valence electrons. The molecule has 0 spiro atoms. The summed E-state index contributed by atoms with van der Waals surface area (Å²) in [5.74, 6) is 1.35. The van der Waals surface area contributed by atoms with Crippen LogP contribution in [0.1, 0.15) is 22.8 Å². The molecule has 0 aliphatic carbocycles. The minimum Gasteiger partial charge on any atom is -0.359 e. The zero-order chi connectivity index (χ0) is 17.6. The fourth-order valence-electron chi connectivity index (χ4n) is 2.85. The standard InChI is InChI=1S/C21H19N3OS/c1-3-7-17(8-4-1)13-21-22-20(23-25-21)15-24(14-18-11-12-26-16-18)19-9-5-2-6-10-19/h1-12,16H,13-15H2. The van der Waals surface area contributed by atoms with Gasteiger partial charge in [-0.1, -0.05) is 53.7 Å². The highest BCUT2D eigenvalue weighted by atomic mass is 32.1. The van der Waals surface area contributed by atoms with Crippen LogP contribution in [0.2, 0.25) is 0 Å². The molecule has 2 aromatic heterocycles. The lowest BCUT2D eigenvalue weighted by atomic mass is 10.1. The molecule has 4 rings (SSSR count). The van der Waals surface area contributed by atoms with E-state index in [2.05, 4.69) is 56.1 Å². The van der Waals surface area contributed by atoms with Crippen molar-refractivity contribution in [3.05, 3.63) is 100 Å². The van der Waals surface area contributed by atoms with E-state index in [1.165, 1.54) is 11.1 Å². The quantitative estimate of drug-likeness (QED) is 0.468. The third-order valence-corrected chi connectivity index (χ3v) is 4.85. The molecule has 4 nitrogen and oxygen atoms in total. The normalized spacial score (nSPS) is 10.8. The molecular formula is C21H19N3OS. The Bertz CT molecular complexity index is 920. The number of aromatic nitrogens is 2. The van der Waals surface area contributed by atoms with Crippen LogP contribution < -0.4 is 4.90 Å². The number of hydrogen-bond donors (Lipinski definition) is 0. The van der Waals surface area contributed by atoms with Gasteiger partial charge < -0.3 is 9.42 Å². The maximum Gasteiger partial charge on any atom is 0.231 e. The van der Waals surface area contributed by atoms with Gasteiger partial charge in [0.2, 0.25) is 5.89 Å². The fourth-order valence-corrected chi connectivity index (χ4v) is 3.51. The molecule has 0 radical (unpaired) electrons. The fraction of sp³-hybridized carbons (Fsp3) is 0.143. The largest absolute Gasteiger partial charge is 0.359 e. The first-order valence-electron chi connectivity index (χ1n) is 8.53. The Morgan fingerprint density at radius 3 is 2.35 bits per heavy atom. The molecule has 0 amide bonds. The second-order valence-electron chi connectivity index (χ2n) is 6.09. The second-order valence-corrected chi connectivity index (χ2v) is 6.87. The lowest BCUT2D eigenvalue weighted by Crippen LogP contribution is -2.22. The van der Waals surface area contributed by atoms with Gasteiger partial charge in [-0.15, -0.1) is 0 Å². The van der Waals surface area contributed by atoms with Crippen molar-refractivity contribution < 1.29 is 4.52 Å². The van der Waals surface area contributed by atoms with E-state index in [1.807, 2.05) is 36.4 Å². The van der Waals surface area contributed by atoms with Crippen molar-refractivity contribution in [2.75, 3.05) is 4.90 Å². The Hall–Kier alpha value is -2.92. The van der Waals surface area contributed by atoms with E-state index in [-0.39, 0.29) is 0 Å². The van der Waals surface area contributed by atoms with E-state index in [4.69, 9.17) is 4.52 Å². The van der Waals surface area contributed by atoms with E-state index < -0.39 is 0 Å². The molecule has 0 aliphatic heterocycles. The average molecular weight is 361 g/mol. The number of hydrogen-bond acceptors (Lipinski definition) is 5. The smallest absolute Gasteiger partial charge is 0.231 e. The molecule has 0 saturated heterocycles. The zero-order valence-electron chi connectivity index (χ0n) is 14.3. The van der Waals surface area contributed by atoms with E-state index in [0.29, 0.717) is 24.7 Å². The topological polar surface area (TPSA) is 42.2 Å². The van der Waals surface area contributed by atoms with Gasteiger partial charge >= 0.3 is 0 Å².